The number of nitrogens with one attached hydrogen (secondary N) is 1. The SMILES string of the molecule is Cc1cc(N2CCC(N3CCNC3=O)CC2)nc(C(C)C)n1. The van der Waals surface area contributed by atoms with Crippen LogP contribution in [0, 0.1) is 6.92 Å². The fraction of sp³-hybridized carbons (Fsp3) is 0.688. The highest BCUT2D eigenvalue weighted by molar-refractivity contribution is 5.76. The lowest BCUT2D eigenvalue weighted by atomic mass is 10.0. The number of anilines is 1. The molecule has 0 aromatic carbocycles. The normalized spacial score (nSPS) is 19.9. The zero-order valence-corrected chi connectivity index (χ0v) is 13.7. The van der Waals surface area contributed by atoms with Gasteiger partial charge in [-0.3, -0.25) is 0 Å². The van der Waals surface area contributed by atoms with Gasteiger partial charge in [-0.1, -0.05) is 13.8 Å². The van der Waals surface area contributed by atoms with E-state index in [1.165, 1.54) is 0 Å². The van der Waals surface area contributed by atoms with Gasteiger partial charge in [0.1, 0.15) is 11.6 Å². The van der Waals surface area contributed by atoms with Crippen molar-refractivity contribution in [1.29, 1.82) is 0 Å². The summed E-state index contributed by atoms with van der Waals surface area (Å²) in [6.45, 7) is 9.78. The fourth-order valence-corrected chi connectivity index (χ4v) is 3.24. The molecule has 0 aliphatic carbocycles. The molecule has 2 fully saturated rings. The second-order valence-electron chi connectivity index (χ2n) is 6.52. The van der Waals surface area contributed by atoms with Gasteiger partial charge in [0.2, 0.25) is 0 Å². The standard InChI is InChI=1S/C16H25N5O/c1-11(2)15-18-12(3)10-14(19-15)20-7-4-13(5-8-20)21-9-6-17-16(21)22/h10-11,13H,4-9H2,1-3H3,(H,17,22). The molecular weight excluding hydrogens is 278 g/mol. The number of carbonyl (C=O) groups is 1. The molecule has 0 bridgehead atoms. The number of piperidine rings is 1. The van der Waals surface area contributed by atoms with Crippen LogP contribution in [0.25, 0.3) is 0 Å². The van der Waals surface area contributed by atoms with Crippen LogP contribution in [0.3, 0.4) is 0 Å². The molecule has 2 aliphatic rings. The van der Waals surface area contributed by atoms with E-state index in [0.29, 0.717) is 12.0 Å². The van der Waals surface area contributed by atoms with Crippen LogP contribution in [0.5, 0.6) is 0 Å². The average Bonchev–Trinajstić information content (AvgIpc) is 2.93. The van der Waals surface area contributed by atoms with Crippen LogP contribution in [-0.2, 0) is 0 Å². The second kappa shape index (κ2) is 6.10. The molecule has 3 rings (SSSR count). The molecule has 0 unspecified atom stereocenters. The second-order valence-corrected chi connectivity index (χ2v) is 6.52. The minimum Gasteiger partial charge on any atom is -0.356 e. The van der Waals surface area contributed by atoms with E-state index in [4.69, 9.17) is 4.98 Å². The number of carbonyl (C=O) groups excluding carboxylic acids is 1. The molecule has 0 spiro atoms. The molecule has 1 aromatic rings. The number of rotatable bonds is 3. The third kappa shape index (κ3) is 3.00. The summed E-state index contributed by atoms with van der Waals surface area (Å²) in [5, 5.41) is 2.89. The fourth-order valence-electron chi connectivity index (χ4n) is 3.24. The summed E-state index contributed by atoms with van der Waals surface area (Å²) < 4.78 is 0. The monoisotopic (exact) mass is 303 g/mol. The third-order valence-corrected chi connectivity index (χ3v) is 4.49. The molecule has 22 heavy (non-hydrogen) atoms. The van der Waals surface area contributed by atoms with E-state index in [9.17, 15) is 4.79 Å². The molecule has 2 amide bonds. The van der Waals surface area contributed by atoms with E-state index >= 15 is 0 Å². The number of aromatic nitrogens is 2. The number of amides is 2. The Labute approximate surface area is 131 Å². The largest absolute Gasteiger partial charge is 0.356 e. The lowest BCUT2D eigenvalue weighted by Crippen LogP contribution is -2.46. The summed E-state index contributed by atoms with van der Waals surface area (Å²) in [4.78, 5) is 25.3. The zero-order chi connectivity index (χ0) is 15.7. The summed E-state index contributed by atoms with van der Waals surface area (Å²) >= 11 is 0. The number of hydrogen-bond donors (Lipinski definition) is 1. The Hall–Kier alpha value is -1.85. The van der Waals surface area contributed by atoms with Crippen LogP contribution in [0.4, 0.5) is 10.6 Å². The predicted octanol–water partition coefficient (Wildman–Crippen LogP) is 1.90. The Balaban J connectivity index is 1.67. The third-order valence-electron chi connectivity index (χ3n) is 4.49. The molecule has 2 saturated heterocycles. The van der Waals surface area contributed by atoms with Gasteiger partial charge in [-0.15, -0.1) is 0 Å². The van der Waals surface area contributed by atoms with Crippen molar-refractivity contribution in [2.24, 2.45) is 0 Å². The highest BCUT2D eigenvalue weighted by atomic mass is 16.2. The van der Waals surface area contributed by atoms with Gasteiger partial charge in [-0.05, 0) is 19.8 Å². The smallest absolute Gasteiger partial charge is 0.317 e. The summed E-state index contributed by atoms with van der Waals surface area (Å²) in [6, 6.07) is 2.53. The predicted molar refractivity (Wildman–Crippen MR) is 86.2 cm³/mol. The number of nitrogens with zero attached hydrogens (tertiary/aromatic N) is 4. The van der Waals surface area contributed by atoms with Crippen LogP contribution in [0.1, 0.15) is 44.1 Å². The van der Waals surface area contributed by atoms with Crippen molar-refractivity contribution in [2.45, 2.75) is 45.6 Å². The molecule has 6 nitrogen and oxygen atoms in total. The molecule has 6 heteroatoms. The van der Waals surface area contributed by atoms with Gasteiger partial charge < -0.3 is 15.1 Å². The van der Waals surface area contributed by atoms with Gasteiger partial charge in [-0.2, -0.15) is 0 Å². The van der Waals surface area contributed by atoms with E-state index in [1.807, 2.05) is 11.8 Å². The molecule has 2 aliphatic heterocycles. The van der Waals surface area contributed by atoms with Gasteiger partial charge in [0.15, 0.2) is 0 Å². The molecule has 0 radical (unpaired) electrons. The van der Waals surface area contributed by atoms with Crippen molar-refractivity contribution in [3.8, 4) is 0 Å². The molecule has 1 aromatic heterocycles. The molecule has 1 N–H and O–H groups in total. The first-order valence-corrected chi connectivity index (χ1v) is 8.19. The average molecular weight is 303 g/mol. The van der Waals surface area contributed by atoms with Crippen LogP contribution >= 0.6 is 0 Å². The number of hydrogen-bond acceptors (Lipinski definition) is 4. The van der Waals surface area contributed by atoms with Crippen LogP contribution in [0.2, 0.25) is 0 Å². The first-order chi connectivity index (χ1) is 10.5. The van der Waals surface area contributed by atoms with E-state index in [1.54, 1.807) is 0 Å². The topological polar surface area (TPSA) is 61.4 Å². The van der Waals surface area contributed by atoms with Crippen molar-refractivity contribution in [3.05, 3.63) is 17.6 Å². The van der Waals surface area contributed by atoms with Crippen molar-refractivity contribution < 1.29 is 4.79 Å². The maximum atomic E-state index is 11.8. The van der Waals surface area contributed by atoms with E-state index in [0.717, 1.165) is 56.4 Å². The Morgan fingerprint density at radius 3 is 2.55 bits per heavy atom. The van der Waals surface area contributed by atoms with Crippen LogP contribution in [-0.4, -0.2) is 53.1 Å². The lowest BCUT2D eigenvalue weighted by Gasteiger charge is -2.36. The number of aryl methyl sites for hydroxylation is 1. The van der Waals surface area contributed by atoms with Gasteiger partial charge in [0.05, 0.1) is 0 Å². The van der Waals surface area contributed by atoms with Gasteiger partial charge in [0.25, 0.3) is 0 Å². The molecule has 3 heterocycles. The quantitative estimate of drug-likeness (QED) is 0.926. The summed E-state index contributed by atoms with van der Waals surface area (Å²) in [5.41, 5.74) is 1.02. The Bertz CT molecular complexity index is 551. The first-order valence-electron chi connectivity index (χ1n) is 8.19. The van der Waals surface area contributed by atoms with Crippen LogP contribution < -0.4 is 10.2 Å². The lowest BCUT2D eigenvalue weighted by molar-refractivity contribution is 0.186. The van der Waals surface area contributed by atoms with E-state index in [2.05, 4.69) is 35.1 Å². The van der Waals surface area contributed by atoms with Crippen molar-refractivity contribution >= 4 is 11.8 Å². The molecular formula is C16H25N5O. The van der Waals surface area contributed by atoms with Crippen LogP contribution in [0.15, 0.2) is 6.07 Å². The van der Waals surface area contributed by atoms with Gasteiger partial charge in [-0.25, -0.2) is 14.8 Å². The maximum Gasteiger partial charge on any atom is 0.317 e. The summed E-state index contributed by atoms with van der Waals surface area (Å²) in [5.74, 6) is 2.28. The minimum absolute atomic E-state index is 0.0958. The Morgan fingerprint density at radius 2 is 1.95 bits per heavy atom. The van der Waals surface area contributed by atoms with Crippen molar-refractivity contribution in [3.63, 3.8) is 0 Å². The maximum absolute atomic E-state index is 11.8. The van der Waals surface area contributed by atoms with Gasteiger partial charge in [0, 0.05) is 49.9 Å². The van der Waals surface area contributed by atoms with Crippen molar-refractivity contribution in [2.75, 3.05) is 31.1 Å². The number of urea groups is 1. The minimum atomic E-state index is 0.0958. The summed E-state index contributed by atoms with van der Waals surface area (Å²) in [7, 11) is 0. The van der Waals surface area contributed by atoms with E-state index in [-0.39, 0.29) is 6.03 Å². The van der Waals surface area contributed by atoms with Crippen molar-refractivity contribution in [1.82, 2.24) is 20.2 Å². The molecule has 0 atom stereocenters. The highest BCUT2D eigenvalue weighted by Gasteiger charge is 2.31. The molecule has 0 saturated carbocycles. The van der Waals surface area contributed by atoms with E-state index < -0.39 is 0 Å². The zero-order valence-electron chi connectivity index (χ0n) is 13.7. The Morgan fingerprint density at radius 1 is 1.23 bits per heavy atom. The highest BCUT2D eigenvalue weighted by Crippen LogP contribution is 2.23. The molecule has 120 valence electrons. The van der Waals surface area contributed by atoms with Gasteiger partial charge >= 0.3 is 6.03 Å². The Kier molecular flexibility index (Phi) is 4.18. The summed E-state index contributed by atoms with van der Waals surface area (Å²) in [6.07, 6.45) is 2.01. The first kappa shape index (κ1) is 15.1.